The van der Waals surface area contributed by atoms with Gasteiger partial charge in [0, 0.05) is 45.2 Å². The topological polar surface area (TPSA) is 43.8 Å². The average molecular weight is 513 g/mol. The van der Waals surface area contributed by atoms with E-state index in [2.05, 4.69) is 63.7 Å². The van der Waals surface area contributed by atoms with E-state index in [1.165, 1.54) is 11.1 Å². The van der Waals surface area contributed by atoms with Gasteiger partial charge in [0.25, 0.3) is 0 Å². The Bertz CT molecular complexity index is 761. The fourth-order valence-corrected chi connectivity index (χ4v) is 4.10. The lowest BCUT2D eigenvalue weighted by atomic mass is 10.00. The van der Waals surface area contributed by atoms with Crippen LogP contribution in [-0.4, -0.2) is 54.0 Å². The summed E-state index contributed by atoms with van der Waals surface area (Å²) >= 11 is 1.70. The van der Waals surface area contributed by atoms with Crippen molar-refractivity contribution < 1.29 is 0 Å². The Hall–Kier alpha value is -1.19. The van der Waals surface area contributed by atoms with Gasteiger partial charge < -0.3 is 10.2 Å². The molecule has 0 spiro atoms. The van der Waals surface area contributed by atoms with Gasteiger partial charge in [-0.05, 0) is 37.8 Å². The molecule has 0 atom stereocenters. The number of aliphatic imine (C=N–C) groups is 1. The van der Waals surface area contributed by atoms with Crippen LogP contribution in [-0.2, 0) is 19.5 Å². The average Bonchev–Trinajstić information content (AvgIpc) is 3.08. The lowest BCUT2D eigenvalue weighted by Crippen LogP contribution is -2.38. The second-order valence-corrected chi connectivity index (χ2v) is 8.16. The molecule has 0 bridgehead atoms. The highest BCUT2D eigenvalue weighted by Gasteiger charge is 2.15. The second-order valence-electron chi connectivity index (χ2n) is 7.10. The van der Waals surface area contributed by atoms with Gasteiger partial charge in [-0.2, -0.15) is 0 Å². The molecule has 0 radical (unpaired) electrons. The van der Waals surface area contributed by atoms with Gasteiger partial charge in [0.2, 0.25) is 0 Å². The Morgan fingerprint density at radius 3 is 2.82 bits per heavy atom. The highest BCUT2D eigenvalue weighted by atomic mass is 127. The quantitative estimate of drug-likeness (QED) is 0.264. The fraction of sp³-hybridized carbons (Fsp3) is 0.524. The number of nitrogens with one attached hydrogen (secondary N) is 1. The van der Waals surface area contributed by atoms with Crippen LogP contribution in [0.4, 0.5) is 0 Å². The maximum absolute atomic E-state index is 4.83. The summed E-state index contributed by atoms with van der Waals surface area (Å²) < 4.78 is 0. The van der Waals surface area contributed by atoms with Crippen molar-refractivity contribution in [3.05, 3.63) is 51.5 Å². The maximum atomic E-state index is 4.83. The normalized spacial score (nSPS) is 14.3. The van der Waals surface area contributed by atoms with Gasteiger partial charge in [-0.1, -0.05) is 24.3 Å². The molecule has 1 aliphatic heterocycles. The van der Waals surface area contributed by atoms with Crippen LogP contribution in [0.25, 0.3) is 0 Å². The first kappa shape index (κ1) is 23.1. The smallest absolute Gasteiger partial charge is 0.194 e. The number of benzene rings is 1. The van der Waals surface area contributed by atoms with Crippen LogP contribution in [0.5, 0.6) is 0 Å². The van der Waals surface area contributed by atoms with Gasteiger partial charge in [-0.15, -0.1) is 35.3 Å². The minimum Gasteiger partial charge on any atom is -0.357 e. The van der Waals surface area contributed by atoms with Crippen molar-refractivity contribution in [2.24, 2.45) is 4.99 Å². The molecule has 0 amide bonds. The first-order valence-electron chi connectivity index (χ1n) is 9.85. The molecule has 5 nitrogen and oxygen atoms in total. The number of fused-ring (bicyclic) bond motifs is 1. The standard InChI is InChI=1S/C21H31N5S.HI/c1-4-22-21(25(3)15-20-16-27-17(2)24-20)23-11-7-12-26-13-10-18-8-5-6-9-19(18)14-26;/h5-6,8-9,16H,4,7,10-15H2,1-3H3,(H,22,23);1H. The molecule has 0 unspecified atom stereocenters. The van der Waals surface area contributed by atoms with Gasteiger partial charge in [0.05, 0.1) is 17.2 Å². The lowest BCUT2D eigenvalue weighted by Gasteiger charge is -2.28. The Labute approximate surface area is 190 Å². The SMILES string of the molecule is CCNC(=NCCCN1CCc2ccccc2C1)N(C)Cc1csc(C)n1.I. The van der Waals surface area contributed by atoms with Crippen molar-refractivity contribution in [3.8, 4) is 0 Å². The monoisotopic (exact) mass is 513 g/mol. The molecule has 7 heteroatoms. The summed E-state index contributed by atoms with van der Waals surface area (Å²) in [6.07, 6.45) is 2.25. The molecule has 154 valence electrons. The van der Waals surface area contributed by atoms with Gasteiger partial charge >= 0.3 is 0 Å². The Balaban J connectivity index is 0.00000280. The van der Waals surface area contributed by atoms with Crippen LogP contribution in [0, 0.1) is 6.92 Å². The van der Waals surface area contributed by atoms with Crippen LogP contribution in [0.2, 0.25) is 0 Å². The van der Waals surface area contributed by atoms with Gasteiger partial charge in [-0.25, -0.2) is 4.98 Å². The van der Waals surface area contributed by atoms with Crippen LogP contribution >= 0.6 is 35.3 Å². The minimum atomic E-state index is 0. The van der Waals surface area contributed by atoms with Crippen LogP contribution in [0.1, 0.15) is 35.2 Å². The van der Waals surface area contributed by atoms with Crippen LogP contribution < -0.4 is 5.32 Å². The third-order valence-electron chi connectivity index (χ3n) is 4.87. The Kier molecular flexibility index (Phi) is 9.67. The Morgan fingerprint density at radius 1 is 1.32 bits per heavy atom. The number of hydrogen-bond donors (Lipinski definition) is 1. The van der Waals surface area contributed by atoms with E-state index in [0.717, 1.165) is 68.8 Å². The summed E-state index contributed by atoms with van der Waals surface area (Å²) in [5.41, 5.74) is 4.11. The highest BCUT2D eigenvalue weighted by Crippen LogP contribution is 2.18. The van der Waals surface area contributed by atoms with Crippen LogP contribution in [0.15, 0.2) is 34.6 Å². The van der Waals surface area contributed by atoms with E-state index in [4.69, 9.17) is 4.99 Å². The second kappa shape index (κ2) is 11.7. The lowest BCUT2D eigenvalue weighted by molar-refractivity contribution is 0.252. The molecule has 2 aromatic rings. The summed E-state index contributed by atoms with van der Waals surface area (Å²) in [5.74, 6) is 0.965. The number of hydrogen-bond acceptors (Lipinski definition) is 4. The molecule has 3 rings (SSSR count). The van der Waals surface area contributed by atoms with Crippen LogP contribution in [0.3, 0.4) is 0 Å². The van der Waals surface area contributed by atoms with E-state index in [0.29, 0.717) is 0 Å². The number of nitrogens with zero attached hydrogens (tertiary/aromatic N) is 4. The fourth-order valence-electron chi connectivity index (χ4n) is 3.49. The number of halogens is 1. The number of aryl methyl sites for hydroxylation is 1. The molecule has 28 heavy (non-hydrogen) atoms. The molecular weight excluding hydrogens is 481 g/mol. The van der Waals surface area contributed by atoms with E-state index in [-0.39, 0.29) is 24.0 Å². The summed E-state index contributed by atoms with van der Waals surface area (Å²) in [4.78, 5) is 14.1. The predicted octanol–water partition coefficient (Wildman–Crippen LogP) is 3.92. The van der Waals surface area contributed by atoms with Crippen molar-refractivity contribution in [1.29, 1.82) is 0 Å². The molecular formula is C21H32IN5S. The molecule has 0 saturated carbocycles. The summed E-state index contributed by atoms with van der Waals surface area (Å²) in [6.45, 7) is 10.0. The van der Waals surface area contributed by atoms with Gasteiger partial charge in [-0.3, -0.25) is 9.89 Å². The van der Waals surface area contributed by atoms with Crippen molar-refractivity contribution in [3.63, 3.8) is 0 Å². The minimum absolute atomic E-state index is 0. The van der Waals surface area contributed by atoms with Crippen molar-refractivity contribution >= 4 is 41.3 Å². The molecule has 1 aromatic carbocycles. The van der Waals surface area contributed by atoms with Crippen molar-refractivity contribution in [1.82, 2.24) is 20.1 Å². The molecule has 1 N–H and O–H groups in total. The number of rotatable bonds is 7. The van der Waals surface area contributed by atoms with E-state index < -0.39 is 0 Å². The summed E-state index contributed by atoms with van der Waals surface area (Å²) in [6, 6.07) is 8.82. The maximum Gasteiger partial charge on any atom is 0.194 e. The van der Waals surface area contributed by atoms with E-state index in [1.54, 1.807) is 11.3 Å². The molecule has 0 saturated heterocycles. The molecule has 1 aromatic heterocycles. The first-order chi connectivity index (χ1) is 13.2. The third kappa shape index (κ3) is 6.70. The number of guanidine groups is 1. The molecule has 1 aliphatic rings. The summed E-state index contributed by atoms with van der Waals surface area (Å²) in [7, 11) is 2.08. The zero-order chi connectivity index (χ0) is 19.1. The van der Waals surface area contributed by atoms with Crippen molar-refractivity contribution in [2.75, 3.05) is 33.2 Å². The molecule has 0 fully saturated rings. The van der Waals surface area contributed by atoms with Gasteiger partial charge in [0.15, 0.2) is 5.96 Å². The van der Waals surface area contributed by atoms with E-state index in [9.17, 15) is 0 Å². The van der Waals surface area contributed by atoms with E-state index in [1.807, 2.05) is 6.92 Å². The number of thiazole rings is 1. The Morgan fingerprint density at radius 2 is 2.11 bits per heavy atom. The molecule has 2 heterocycles. The predicted molar refractivity (Wildman–Crippen MR) is 130 cm³/mol. The number of aromatic nitrogens is 1. The first-order valence-corrected chi connectivity index (χ1v) is 10.7. The van der Waals surface area contributed by atoms with Gasteiger partial charge in [0.1, 0.15) is 0 Å². The molecule has 0 aliphatic carbocycles. The summed E-state index contributed by atoms with van der Waals surface area (Å²) in [5, 5.41) is 6.64. The largest absolute Gasteiger partial charge is 0.357 e. The van der Waals surface area contributed by atoms with E-state index >= 15 is 0 Å². The highest BCUT2D eigenvalue weighted by molar-refractivity contribution is 14.0. The zero-order valence-electron chi connectivity index (χ0n) is 17.1. The van der Waals surface area contributed by atoms with Crippen molar-refractivity contribution in [2.45, 2.75) is 39.8 Å². The third-order valence-corrected chi connectivity index (χ3v) is 5.69. The zero-order valence-corrected chi connectivity index (χ0v) is 20.3.